The predicted molar refractivity (Wildman–Crippen MR) is 88.5 cm³/mol. The fraction of sp³-hybridized carbons (Fsp3) is 0.375. The number of halogens is 1. The molecule has 1 saturated heterocycles. The first kappa shape index (κ1) is 15.1. The van der Waals surface area contributed by atoms with Crippen LogP contribution in [0.3, 0.4) is 0 Å². The summed E-state index contributed by atoms with van der Waals surface area (Å²) in [5.41, 5.74) is 1.54. The Balaban J connectivity index is 1.92. The zero-order chi connectivity index (χ0) is 15.6. The molecule has 116 valence electrons. The van der Waals surface area contributed by atoms with Crippen LogP contribution in [0.1, 0.15) is 12.5 Å². The van der Waals surface area contributed by atoms with E-state index in [9.17, 15) is 0 Å². The first-order valence-electron chi connectivity index (χ1n) is 7.27. The van der Waals surface area contributed by atoms with Gasteiger partial charge in [-0.1, -0.05) is 41.9 Å². The summed E-state index contributed by atoms with van der Waals surface area (Å²) in [7, 11) is 1.82. The Bertz CT molecular complexity index is 652. The highest BCUT2D eigenvalue weighted by molar-refractivity contribution is 6.32. The Labute approximate surface area is 135 Å². The SMILES string of the molecule is CNc1c(Cl)ncnc1N1CCOC(C)(c2ccccc2)C1. The maximum Gasteiger partial charge on any atom is 0.157 e. The van der Waals surface area contributed by atoms with E-state index in [0.29, 0.717) is 18.3 Å². The van der Waals surface area contributed by atoms with Gasteiger partial charge in [0.15, 0.2) is 11.0 Å². The van der Waals surface area contributed by atoms with Gasteiger partial charge in [-0.05, 0) is 12.5 Å². The van der Waals surface area contributed by atoms with Gasteiger partial charge in [0.05, 0.1) is 13.2 Å². The van der Waals surface area contributed by atoms with Crippen molar-refractivity contribution < 1.29 is 4.74 Å². The van der Waals surface area contributed by atoms with Crippen molar-refractivity contribution in [2.75, 3.05) is 37.0 Å². The number of ether oxygens (including phenoxy) is 1. The van der Waals surface area contributed by atoms with Gasteiger partial charge >= 0.3 is 0 Å². The first-order chi connectivity index (χ1) is 10.6. The molecule has 3 rings (SSSR count). The molecule has 2 aromatic rings. The Morgan fingerprint density at radius 1 is 1.27 bits per heavy atom. The van der Waals surface area contributed by atoms with Crippen molar-refractivity contribution in [1.29, 1.82) is 0 Å². The van der Waals surface area contributed by atoms with E-state index in [4.69, 9.17) is 16.3 Å². The Morgan fingerprint density at radius 2 is 2.05 bits per heavy atom. The standard InChI is InChI=1S/C16H19ClN4O/c1-16(12-6-4-3-5-7-12)10-21(8-9-22-16)15-13(18-2)14(17)19-11-20-15/h3-7,11,18H,8-10H2,1-2H3. The van der Waals surface area contributed by atoms with Gasteiger partial charge in [-0.25, -0.2) is 9.97 Å². The zero-order valence-corrected chi connectivity index (χ0v) is 13.5. The highest BCUT2D eigenvalue weighted by Crippen LogP contribution is 2.35. The summed E-state index contributed by atoms with van der Waals surface area (Å²) in [5.74, 6) is 0.813. The molecule has 1 aromatic carbocycles. The van der Waals surface area contributed by atoms with Crippen LogP contribution < -0.4 is 10.2 Å². The van der Waals surface area contributed by atoms with Gasteiger partial charge in [0.2, 0.25) is 0 Å². The van der Waals surface area contributed by atoms with E-state index < -0.39 is 0 Å². The monoisotopic (exact) mass is 318 g/mol. The summed E-state index contributed by atoms with van der Waals surface area (Å²) in [6, 6.07) is 10.3. The Hall–Kier alpha value is -1.85. The van der Waals surface area contributed by atoms with Crippen molar-refractivity contribution in [1.82, 2.24) is 9.97 Å². The van der Waals surface area contributed by atoms with Crippen LogP contribution in [0.2, 0.25) is 5.15 Å². The fourth-order valence-electron chi connectivity index (χ4n) is 2.83. The number of nitrogens with zero attached hydrogens (tertiary/aromatic N) is 3. The normalized spacial score (nSPS) is 21.7. The lowest BCUT2D eigenvalue weighted by Crippen LogP contribution is -2.48. The van der Waals surface area contributed by atoms with Crippen molar-refractivity contribution in [3.05, 3.63) is 47.4 Å². The summed E-state index contributed by atoms with van der Waals surface area (Å²) >= 11 is 6.17. The molecule has 1 aliphatic heterocycles. The van der Waals surface area contributed by atoms with E-state index in [1.165, 1.54) is 6.33 Å². The smallest absolute Gasteiger partial charge is 0.157 e. The first-order valence-corrected chi connectivity index (χ1v) is 7.64. The van der Waals surface area contributed by atoms with E-state index in [-0.39, 0.29) is 5.60 Å². The molecular weight excluding hydrogens is 300 g/mol. The van der Waals surface area contributed by atoms with E-state index in [1.54, 1.807) is 0 Å². The average Bonchev–Trinajstić information content (AvgIpc) is 2.55. The molecule has 0 amide bonds. The second-order valence-electron chi connectivity index (χ2n) is 5.48. The molecule has 2 heterocycles. The fourth-order valence-corrected chi connectivity index (χ4v) is 3.05. The minimum absolute atomic E-state index is 0.373. The molecule has 5 nitrogen and oxygen atoms in total. The van der Waals surface area contributed by atoms with Gasteiger partial charge < -0.3 is 15.0 Å². The number of nitrogens with one attached hydrogen (secondary N) is 1. The van der Waals surface area contributed by atoms with Crippen molar-refractivity contribution in [2.45, 2.75) is 12.5 Å². The van der Waals surface area contributed by atoms with Crippen molar-refractivity contribution in [3.8, 4) is 0 Å². The molecule has 1 unspecified atom stereocenters. The van der Waals surface area contributed by atoms with E-state index in [0.717, 1.165) is 23.6 Å². The Kier molecular flexibility index (Phi) is 4.18. The average molecular weight is 319 g/mol. The molecule has 1 atom stereocenters. The van der Waals surface area contributed by atoms with Crippen LogP contribution in [0.5, 0.6) is 0 Å². The third kappa shape index (κ3) is 2.74. The van der Waals surface area contributed by atoms with Gasteiger partial charge in [-0.15, -0.1) is 0 Å². The van der Waals surface area contributed by atoms with Crippen molar-refractivity contribution >= 4 is 23.1 Å². The summed E-state index contributed by atoms with van der Waals surface area (Å²) in [6.07, 6.45) is 1.49. The van der Waals surface area contributed by atoms with Gasteiger partial charge in [-0.2, -0.15) is 0 Å². The number of morpholine rings is 1. The third-order valence-electron chi connectivity index (χ3n) is 3.99. The van der Waals surface area contributed by atoms with Crippen LogP contribution >= 0.6 is 11.6 Å². The van der Waals surface area contributed by atoms with Crippen molar-refractivity contribution in [3.63, 3.8) is 0 Å². The highest BCUT2D eigenvalue weighted by atomic mass is 35.5. The number of hydrogen-bond acceptors (Lipinski definition) is 5. The lowest BCUT2D eigenvalue weighted by molar-refractivity contribution is -0.0467. The Morgan fingerprint density at radius 3 is 2.77 bits per heavy atom. The topological polar surface area (TPSA) is 50.3 Å². The molecule has 1 aromatic heterocycles. The van der Waals surface area contributed by atoms with Crippen LogP contribution in [-0.4, -0.2) is 36.7 Å². The molecule has 0 saturated carbocycles. The summed E-state index contributed by atoms with van der Waals surface area (Å²) in [5, 5.41) is 3.52. The number of anilines is 2. The van der Waals surface area contributed by atoms with Crippen LogP contribution in [0, 0.1) is 0 Å². The molecule has 0 radical (unpaired) electrons. The van der Waals surface area contributed by atoms with E-state index >= 15 is 0 Å². The molecule has 6 heteroatoms. The highest BCUT2D eigenvalue weighted by Gasteiger charge is 2.35. The van der Waals surface area contributed by atoms with Gasteiger partial charge in [0.1, 0.15) is 17.6 Å². The summed E-state index contributed by atoms with van der Waals surface area (Å²) in [6.45, 7) is 4.22. The number of benzene rings is 1. The molecule has 0 aliphatic carbocycles. The summed E-state index contributed by atoms with van der Waals surface area (Å²) < 4.78 is 6.07. The quantitative estimate of drug-likeness (QED) is 0.882. The van der Waals surface area contributed by atoms with E-state index in [2.05, 4.69) is 39.2 Å². The molecule has 1 aliphatic rings. The van der Waals surface area contributed by atoms with Crippen LogP contribution in [0.4, 0.5) is 11.5 Å². The third-order valence-corrected chi connectivity index (χ3v) is 4.28. The number of aromatic nitrogens is 2. The lowest BCUT2D eigenvalue weighted by atomic mass is 9.94. The number of rotatable bonds is 3. The zero-order valence-electron chi connectivity index (χ0n) is 12.7. The maximum atomic E-state index is 6.17. The molecule has 0 bridgehead atoms. The second-order valence-corrected chi connectivity index (χ2v) is 5.84. The largest absolute Gasteiger partial charge is 0.383 e. The predicted octanol–water partition coefficient (Wildman–Crippen LogP) is 2.92. The van der Waals surface area contributed by atoms with Gasteiger partial charge in [0.25, 0.3) is 0 Å². The van der Waals surface area contributed by atoms with E-state index in [1.807, 2.05) is 25.2 Å². The molecular formula is C16H19ClN4O. The van der Waals surface area contributed by atoms with Crippen molar-refractivity contribution in [2.24, 2.45) is 0 Å². The minimum atomic E-state index is -0.373. The molecule has 1 fully saturated rings. The number of hydrogen-bond donors (Lipinski definition) is 1. The summed E-state index contributed by atoms with van der Waals surface area (Å²) in [4.78, 5) is 10.6. The maximum absolute atomic E-state index is 6.17. The van der Waals surface area contributed by atoms with Crippen LogP contribution in [-0.2, 0) is 10.3 Å². The van der Waals surface area contributed by atoms with Gasteiger partial charge in [0, 0.05) is 13.6 Å². The lowest BCUT2D eigenvalue weighted by Gasteiger charge is -2.41. The minimum Gasteiger partial charge on any atom is -0.383 e. The van der Waals surface area contributed by atoms with Gasteiger partial charge in [-0.3, -0.25) is 0 Å². The van der Waals surface area contributed by atoms with Crippen LogP contribution in [0.25, 0.3) is 0 Å². The van der Waals surface area contributed by atoms with Crippen LogP contribution in [0.15, 0.2) is 36.7 Å². The molecule has 1 N–H and O–H groups in total. The molecule has 0 spiro atoms. The molecule has 22 heavy (non-hydrogen) atoms. The second kappa shape index (κ2) is 6.10.